The lowest BCUT2D eigenvalue weighted by Gasteiger charge is -2.16. The molecule has 0 spiro atoms. The van der Waals surface area contributed by atoms with E-state index < -0.39 is 0 Å². The van der Waals surface area contributed by atoms with Gasteiger partial charge in [0.15, 0.2) is 5.13 Å². The van der Waals surface area contributed by atoms with Crippen LogP contribution in [0.25, 0.3) is 11.3 Å². The Bertz CT molecular complexity index is 683. The molecule has 2 aromatic heterocycles. The zero-order valence-electron chi connectivity index (χ0n) is 13.3. The highest BCUT2D eigenvalue weighted by Gasteiger charge is 2.32. The van der Waals surface area contributed by atoms with Gasteiger partial charge in [0.05, 0.1) is 5.69 Å². The van der Waals surface area contributed by atoms with Gasteiger partial charge >= 0.3 is 0 Å². The molecule has 1 saturated carbocycles. The average molecular weight is 356 g/mol. The maximum atomic E-state index is 12.4. The minimum Gasteiger partial charge on any atom is -0.466 e. The molecule has 1 fully saturated rings. The summed E-state index contributed by atoms with van der Waals surface area (Å²) in [4.78, 5) is 16.9. The number of hydrogen-bond donors (Lipinski definition) is 2. The van der Waals surface area contributed by atoms with Crippen LogP contribution >= 0.6 is 23.7 Å². The maximum absolute atomic E-state index is 12.4. The Balaban J connectivity index is 0.00000192. The first-order chi connectivity index (χ1) is 10.6. The van der Waals surface area contributed by atoms with Gasteiger partial charge in [0.1, 0.15) is 11.5 Å². The predicted octanol–water partition coefficient (Wildman–Crippen LogP) is 3.76. The van der Waals surface area contributed by atoms with Crippen LogP contribution in [0.3, 0.4) is 0 Å². The van der Waals surface area contributed by atoms with Crippen LogP contribution in [0.4, 0.5) is 5.13 Å². The molecule has 0 bridgehead atoms. The summed E-state index contributed by atoms with van der Waals surface area (Å²) in [5, 5.41) is 5.53. The van der Waals surface area contributed by atoms with E-state index in [1.165, 1.54) is 11.3 Å². The Morgan fingerprint density at radius 3 is 2.91 bits per heavy atom. The minimum atomic E-state index is 0. The van der Waals surface area contributed by atoms with Gasteiger partial charge in [0.25, 0.3) is 0 Å². The van der Waals surface area contributed by atoms with Crippen molar-refractivity contribution >= 4 is 34.8 Å². The average Bonchev–Trinajstić information content (AvgIpc) is 3.18. The van der Waals surface area contributed by atoms with Gasteiger partial charge in [-0.05, 0) is 45.2 Å². The Labute approximate surface area is 146 Å². The molecule has 0 aliphatic heterocycles. The molecule has 3 N–H and O–H groups in total. The Morgan fingerprint density at radius 2 is 2.26 bits per heavy atom. The number of nitrogens with one attached hydrogen (secondary N) is 1. The van der Waals surface area contributed by atoms with Gasteiger partial charge in [-0.25, -0.2) is 4.98 Å². The normalized spacial score (nSPS) is 20.3. The van der Waals surface area contributed by atoms with Gasteiger partial charge in [-0.1, -0.05) is 6.42 Å². The van der Waals surface area contributed by atoms with Crippen LogP contribution in [0, 0.1) is 25.7 Å². The fourth-order valence-electron chi connectivity index (χ4n) is 3.20. The number of carbonyl (C=O) groups excluding carboxylic acids is 1. The van der Waals surface area contributed by atoms with Crippen molar-refractivity contribution in [1.29, 1.82) is 0 Å². The van der Waals surface area contributed by atoms with Crippen molar-refractivity contribution < 1.29 is 9.21 Å². The summed E-state index contributed by atoms with van der Waals surface area (Å²) in [6, 6.07) is 1.97. The molecule has 2 aromatic rings. The van der Waals surface area contributed by atoms with Gasteiger partial charge in [-0.15, -0.1) is 23.7 Å². The van der Waals surface area contributed by atoms with Crippen molar-refractivity contribution in [3.63, 3.8) is 0 Å². The summed E-state index contributed by atoms with van der Waals surface area (Å²) in [5.74, 6) is 2.09. The molecule has 2 atom stereocenters. The van der Waals surface area contributed by atoms with Gasteiger partial charge in [0, 0.05) is 16.9 Å². The third-order valence-electron chi connectivity index (χ3n) is 4.35. The third-order valence-corrected chi connectivity index (χ3v) is 5.11. The second kappa shape index (κ2) is 7.47. The van der Waals surface area contributed by atoms with Crippen molar-refractivity contribution in [2.75, 3.05) is 11.9 Å². The molecule has 0 saturated heterocycles. The summed E-state index contributed by atoms with van der Waals surface area (Å²) in [6.45, 7) is 4.41. The monoisotopic (exact) mass is 355 g/mol. The molecule has 0 unspecified atom stereocenters. The standard InChI is InChI=1S/C16H21N3O2S.ClH/c1-9-6-13(10(2)21-9)14-8-22-16(18-14)19-15(20)12-5-3-4-11(12)7-17;/h6,8,11-12H,3-5,7,17H2,1-2H3,(H,18,19,20);1H/t11-,12-;/m1./s1. The van der Waals surface area contributed by atoms with E-state index in [0.29, 0.717) is 17.6 Å². The second-order valence-corrected chi connectivity index (χ2v) is 6.75. The van der Waals surface area contributed by atoms with Crippen molar-refractivity contribution in [3.05, 3.63) is 23.0 Å². The molecule has 3 rings (SSSR count). The minimum absolute atomic E-state index is 0. The molecule has 7 heteroatoms. The number of halogens is 1. The van der Waals surface area contributed by atoms with E-state index >= 15 is 0 Å². The largest absolute Gasteiger partial charge is 0.466 e. The lowest BCUT2D eigenvalue weighted by atomic mass is 9.95. The topological polar surface area (TPSA) is 81.2 Å². The molecule has 2 heterocycles. The molecular weight excluding hydrogens is 334 g/mol. The zero-order valence-corrected chi connectivity index (χ0v) is 14.9. The van der Waals surface area contributed by atoms with Crippen LogP contribution in [0.1, 0.15) is 30.8 Å². The molecule has 126 valence electrons. The number of anilines is 1. The number of amides is 1. The van der Waals surface area contributed by atoms with E-state index in [1.54, 1.807) is 0 Å². The molecule has 1 aliphatic carbocycles. The molecule has 23 heavy (non-hydrogen) atoms. The van der Waals surface area contributed by atoms with Gasteiger partial charge in [-0.2, -0.15) is 0 Å². The van der Waals surface area contributed by atoms with Crippen molar-refractivity contribution in [2.24, 2.45) is 17.6 Å². The molecule has 1 amide bonds. The summed E-state index contributed by atoms with van der Waals surface area (Å²) in [6.07, 6.45) is 3.05. The van der Waals surface area contributed by atoms with Crippen LogP contribution in [0.2, 0.25) is 0 Å². The number of nitrogens with zero attached hydrogens (tertiary/aromatic N) is 1. The molecule has 0 radical (unpaired) electrons. The van der Waals surface area contributed by atoms with E-state index in [-0.39, 0.29) is 24.2 Å². The lowest BCUT2D eigenvalue weighted by molar-refractivity contribution is -0.120. The van der Waals surface area contributed by atoms with Gasteiger partial charge in [-0.3, -0.25) is 4.79 Å². The number of carbonyl (C=O) groups is 1. The number of rotatable bonds is 4. The van der Waals surface area contributed by atoms with Crippen LogP contribution in [-0.4, -0.2) is 17.4 Å². The quantitative estimate of drug-likeness (QED) is 0.875. The number of thiazole rings is 1. The number of hydrogen-bond acceptors (Lipinski definition) is 5. The maximum Gasteiger partial charge on any atom is 0.229 e. The van der Waals surface area contributed by atoms with E-state index in [4.69, 9.17) is 10.2 Å². The van der Waals surface area contributed by atoms with Gasteiger partial charge in [0.2, 0.25) is 5.91 Å². The van der Waals surface area contributed by atoms with Crippen molar-refractivity contribution in [2.45, 2.75) is 33.1 Å². The number of aryl methyl sites for hydroxylation is 2. The molecule has 0 aromatic carbocycles. The Kier molecular flexibility index (Phi) is 5.84. The summed E-state index contributed by atoms with van der Waals surface area (Å²) in [5.41, 5.74) is 7.58. The first-order valence-corrected chi connectivity index (χ1v) is 8.50. The summed E-state index contributed by atoms with van der Waals surface area (Å²) in [7, 11) is 0. The fraction of sp³-hybridized carbons (Fsp3) is 0.500. The van der Waals surface area contributed by atoms with Crippen molar-refractivity contribution in [1.82, 2.24) is 4.98 Å². The number of furan rings is 1. The van der Waals surface area contributed by atoms with E-state index in [0.717, 1.165) is 42.0 Å². The van der Waals surface area contributed by atoms with Crippen LogP contribution in [0.15, 0.2) is 15.9 Å². The molecule has 1 aliphatic rings. The second-order valence-electron chi connectivity index (χ2n) is 5.89. The number of nitrogens with two attached hydrogens (primary N) is 1. The lowest BCUT2D eigenvalue weighted by Crippen LogP contribution is -2.29. The highest BCUT2D eigenvalue weighted by molar-refractivity contribution is 7.14. The number of aromatic nitrogens is 1. The van der Waals surface area contributed by atoms with E-state index in [9.17, 15) is 4.79 Å². The van der Waals surface area contributed by atoms with Crippen LogP contribution in [-0.2, 0) is 4.79 Å². The first kappa shape index (κ1) is 18.0. The zero-order chi connectivity index (χ0) is 15.7. The summed E-state index contributed by atoms with van der Waals surface area (Å²) >= 11 is 1.44. The van der Waals surface area contributed by atoms with E-state index in [1.807, 2.05) is 25.3 Å². The van der Waals surface area contributed by atoms with Crippen molar-refractivity contribution in [3.8, 4) is 11.3 Å². The van der Waals surface area contributed by atoms with Crippen LogP contribution < -0.4 is 11.1 Å². The Morgan fingerprint density at radius 1 is 1.48 bits per heavy atom. The highest BCUT2D eigenvalue weighted by atomic mass is 35.5. The highest BCUT2D eigenvalue weighted by Crippen LogP contribution is 2.33. The SMILES string of the molecule is Cc1cc(-c2csc(NC(=O)[C@@H]3CCC[C@@H]3CN)n2)c(C)o1.Cl. The third kappa shape index (κ3) is 3.76. The van der Waals surface area contributed by atoms with Crippen LogP contribution in [0.5, 0.6) is 0 Å². The van der Waals surface area contributed by atoms with Gasteiger partial charge < -0.3 is 15.5 Å². The molecular formula is C16H22ClN3O2S. The predicted molar refractivity (Wildman–Crippen MR) is 95.1 cm³/mol. The Hall–Kier alpha value is -1.37. The first-order valence-electron chi connectivity index (χ1n) is 7.62. The van der Waals surface area contributed by atoms with E-state index in [2.05, 4.69) is 10.3 Å². The smallest absolute Gasteiger partial charge is 0.229 e. The fourth-order valence-corrected chi connectivity index (χ4v) is 3.92. The summed E-state index contributed by atoms with van der Waals surface area (Å²) < 4.78 is 5.53. The molecule has 5 nitrogen and oxygen atoms in total.